The number of fused-ring (bicyclic) bond motifs is 1. The first-order valence-corrected chi connectivity index (χ1v) is 7.68. The van der Waals surface area contributed by atoms with Crippen LogP contribution in [0.25, 0.3) is 0 Å². The molecule has 1 aromatic carbocycles. The molecule has 1 heterocycles. The molecule has 0 spiro atoms. The van der Waals surface area contributed by atoms with Crippen LogP contribution in [-0.4, -0.2) is 18.7 Å². The lowest BCUT2D eigenvalue weighted by atomic mass is 10.1. The van der Waals surface area contributed by atoms with E-state index in [0.29, 0.717) is 12.1 Å². The van der Waals surface area contributed by atoms with Gasteiger partial charge in [0.15, 0.2) is 0 Å². The first-order valence-electron chi connectivity index (χ1n) is 6.89. The summed E-state index contributed by atoms with van der Waals surface area (Å²) in [7, 11) is 0. The highest BCUT2D eigenvalue weighted by Crippen LogP contribution is 2.31. The highest BCUT2D eigenvalue weighted by molar-refractivity contribution is 9.10. The SMILES string of the molecule is CC1CCC(NCC2Cc3cc(Br)ccc3O2)C1. The highest BCUT2D eigenvalue weighted by Gasteiger charge is 2.26. The Morgan fingerprint density at radius 2 is 2.28 bits per heavy atom. The summed E-state index contributed by atoms with van der Waals surface area (Å²) in [6, 6.07) is 7.00. The molecule has 0 saturated heterocycles. The predicted molar refractivity (Wildman–Crippen MR) is 77.1 cm³/mol. The minimum Gasteiger partial charge on any atom is -0.488 e. The van der Waals surface area contributed by atoms with Crippen LogP contribution in [0.4, 0.5) is 0 Å². The minimum absolute atomic E-state index is 0.310. The molecule has 0 amide bonds. The van der Waals surface area contributed by atoms with Gasteiger partial charge in [0.1, 0.15) is 11.9 Å². The van der Waals surface area contributed by atoms with E-state index in [1.54, 1.807) is 0 Å². The van der Waals surface area contributed by atoms with Gasteiger partial charge in [0.25, 0.3) is 0 Å². The lowest BCUT2D eigenvalue weighted by Crippen LogP contribution is -2.36. The maximum absolute atomic E-state index is 5.97. The lowest BCUT2D eigenvalue weighted by Gasteiger charge is -2.16. The van der Waals surface area contributed by atoms with Crippen LogP contribution >= 0.6 is 15.9 Å². The maximum atomic E-state index is 5.97. The molecule has 1 aliphatic carbocycles. The molecule has 0 radical (unpaired) electrons. The van der Waals surface area contributed by atoms with Crippen LogP contribution < -0.4 is 10.1 Å². The second-order valence-electron chi connectivity index (χ2n) is 5.72. The van der Waals surface area contributed by atoms with E-state index in [0.717, 1.165) is 29.1 Å². The zero-order chi connectivity index (χ0) is 12.5. The third-order valence-corrected chi connectivity index (χ3v) is 4.59. The van der Waals surface area contributed by atoms with Gasteiger partial charge in [0.2, 0.25) is 0 Å². The quantitative estimate of drug-likeness (QED) is 0.922. The van der Waals surface area contributed by atoms with E-state index < -0.39 is 0 Å². The van der Waals surface area contributed by atoms with E-state index in [2.05, 4.69) is 40.3 Å². The van der Waals surface area contributed by atoms with Crippen molar-refractivity contribution in [3.63, 3.8) is 0 Å². The van der Waals surface area contributed by atoms with Crippen molar-refractivity contribution < 1.29 is 4.74 Å². The molecule has 1 fully saturated rings. The number of rotatable bonds is 3. The van der Waals surface area contributed by atoms with E-state index in [4.69, 9.17) is 4.74 Å². The summed E-state index contributed by atoms with van der Waals surface area (Å²) < 4.78 is 7.11. The van der Waals surface area contributed by atoms with Crippen molar-refractivity contribution in [2.24, 2.45) is 5.92 Å². The molecule has 1 aliphatic heterocycles. The third kappa shape index (κ3) is 2.72. The number of halogens is 1. The Bertz CT molecular complexity index is 435. The molecule has 1 aromatic rings. The van der Waals surface area contributed by atoms with Crippen LogP contribution in [0.3, 0.4) is 0 Å². The fraction of sp³-hybridized carbons (Fsp3) is 0.600. The molecule has 3 unspecified atom stereocenters. The fourth-order valence-electron chi connectivity index (χ4n) is 3.09. The van der Waals surface area contributed by atoms with Crippen molar-refractivity contribution >= 4 is 15.9 Å². The second-order valence-corrected chi connectivity index (χ2v) is 6.64. The summed E-state index contributed by atoms with van der Waals surface area (Å²) in [6.45, 7) is 3.32. The normalized spacial score (nSPS) is 30.2. The van der Waals surface area contributed by atoms with E-state index >= 15 is 0 Å². The molecule has 18 heavy (non-hydrogen) atoms. The molecule has 3 heteroatoms. The van der Waals surface area contributed by atoms with Gasteiger partial charge in [-0.1, -0.05) is 22.9 Å². The summed E-state index contributed by atoms with van der Waals surface area (Å²) in [6.07, 6.45) is 5.36. The van der Waals surface area contributed by atoms with E-state index in [-0.39, 0.29) is 0 Å². The average molecular weight is 310 g/mol. The van der Waals surface area contributed by atoms with Gasteiger partial charge < -0.3 is 10.1 Å². The van der Waals surface area contributed by atoms with Crippen molar-refractivity contribution in [1.29, 1.82) is 0 Å². The monoisotopic (exact) mass is 309 g/mol. The maximum Gasteiger partial charge on any atom is 0.123 e. The summed E-state index contributed by atoms with van der Waals surface area (Å²) in [5, 5.41) is 3.67. The van der Waals surface area contributed by atoms with E-state index in [1.807, 2.05) is 6.07 Å². The van der Waals surface area contributed by atoms with Gasteiger partial charge in [0, 0.05) is 23.5 Å². The molecule has 0 aromatic heterocycles. The van der Waals surface area contributed by atoms with Gasteiger partial charge in [-0.15, -0.1) is 0 Å². The molecule has 3 rings (SSSR count). The van der Waals surface area contributed by atoms with E-state index in [1.165, 1.54) is 24.8 Å². The molecule has 1 saturated carbocycles. The second kappa shape index (κ2) is 5.22. The molecular formula is C15H20BrNO. The lowest BCUT2D eigenvalue weighted by molar-refractivity contribution is 0.221. The van der Waals surface area contributed by atoms with Gasteiger partial charge in [-0.2, -0.15) is 0 Å². The zero-order valence-electron chi connectivity index (χ0n) is 10.8. The Balaban J connectivity index is 1.52. The van der Waals surface area contributed by atoms with Gasteiger partial charge in [-0.3, -0.25) is 0 Å². The molecule has 3 atom stereocenters. The summed E-state index contributed by atoms with van der Waals surface area (Å²) in [4.78, 5) is 0. The Morgan fingerprint density at radius 1 is 1.39 bits per heavy atom. The number of nitrogens with one attached hydrogen (secondary N) is 1. The smallest absolute Gasteiger partial charge is 0.123 e. The van der Waals surface area contributed by atoms with Gasteiger partial charge >= 0.3 is 0 Å². The molecule has 2 aliphatic rings. The van der Waals surface area contributed by atoms with E-state index in [9.17, 15) is 0 Å². The number of hydrogen-bond donors (Lipinski definition) is 1. The van der Waals surface area contributed by atoms with Crippen LogP contribution in [0.15, 0.2) is 22.7 Å². The third-order valence-electron chi connectivity index (χ3n) is 4.09. The first-order chi connectivity index (χ1) is 8.70. The molecule has 2 nitrogen and oxygen atoms in total. The van der Waals surface area contributed by atoms with Crippen molar-refractivity contribution in [1.82, 2.24) is 5.32 Å². The standard InChI is InChI=1S/C15H20BrNO/c1-10-2-4-13(6-10)17-9-14-8-11-7-12(16)3-5-15(11)18-14/h3,5,7,10,13-14,17H,2,4,6,8-9H2,1H3. The van der Waals surface area contributed by atoms with Crippen molar-refractivity contribution in [2.75, 3.05) is 6.54 Å². The van der Waals surface area contributed by atoms with Crippen molar-refractivity contribution in [2.45, 2.75) is 44.8 Å². The summed E-state index contributed by atoms with van der Waals surface area (Å²) in [5.74, 6) is 1.95. The van der Waals surface area contributed by atoms with Crippen LogP contribution in [0.5, 0.6) is 5.75 Å². The molecular weight excluding hydrogens is 290 g/mol. The Morgan fingerprint density at radius 3 is 3.06 bits per heavy atom. The average Bonchev–Trinajstić information content (AvgIpc) is 2.92. The van der Waals surface area contributed by atoms with Crippen LogP contribution in [0.1, 0.15) is 31.7 Å². The summed E-state index contributed by atoms with van der Waals surface area (Å²) in [5.41, 5.74) is 1.33. The number of benzene rings is 1. The number of hydrogen-bond acceptors (Lipinski definition) is 2. The van der Waals surface area contributed by atoms with Crippen molar-refractivity contribution in [3.8, 4) is 5.75 Å². The minimum atomic E-state index is 0.310. The summed E-state index contributed by atoms with van der Waals surface area (Å²) >= 11 is 3.51. The Kier molecular flexibility index (Phi) is 3.62. The van der Waals surface area contributed by atoms with Gasteiger partial charge in [-0.05, 0) is 48.9 Å². The molecule has 1 N–H and O–H groups in total. The Labute approximate surface area is 117 Å². The molecule has 0 bridgehead atoms. The van der Waals surface area contributed by atoms with Crippen LogP contribution in [0, 0.1) is 5.92 Å². The highest BCUT2D eigenvalue weighted by atomic mass is 79.9. The number of ether oxygens (including phenoxy) is 1. The van der Waals surface area contributed by atoms with Gasteiger partial charge in [-0.25, -0.2) is 0 Å². The van der Waals surface area contributed by atoms with Gasteiger partial charge in [0.05, 0.1) is 0 Å². The van der Waals surface area contributed by atoms with Crippen molar-refractivity contribution in [3.05, 3.63) is 28.2 Å². The van der Waals surface area contributed by atoms with Crippen LogP contribution in [0.2, 0.25) is 0 Å². The molecule has 98 valence electrons. The zero-order valence-corrected chi connectivity index (χ0v) is 12.4. The first kappa shape index (κ1) is 12.5. The topological polar surface area (TPSA) is 21.3 Å². The largest absolute Gasteiger partial charge is 0.488 e. The Hall–Kier alpha value is -0.540. The predicted octanol–water partition coefficient (Wildman–Crippen LogP) is 3.53. The fourth-order valence-corrected chi connectivity index (χ4v) is 3.50. The van der Waals surface area contributed by atoms with Crippen LogP contribution in [-0.2, 0) is 6.42 Å².